The second-order valence-corrected chi connectivity index (χ2v) is 18.3. The van der Waals surface area contributed by atoms with E-state index in [-0.39, 0.29) is 0 Å². The van der Waals surface area contributed by atoms with Crippen LogP contribution in [0.3, 0.4) is 0 Å². The van der Waals surface area contributed by atoms with Crippen molar-refractivity contribution in [2.75, 3.05) is 6.61 Å². The van der Waals surface area contributed by atoms with E-state index in [1.807, 2.05) is 18.3 Å². The van der Waals surface area contributed by atoms with E-state index in [1.54, 1.807) is 0 Å². The highest BCUT2D eigenvalue weighted by atomic mass is 28.4. The van der Waals surface area contributed by atoms with Gasteiger partial charge in [0.15, 0.2) is 0 Å². The van der Waals surface area contributed by atoms with Gasteiger partial charge >= 0.3 is 6.01 Å². The summed E-state index contributed by atoms with van der Waals surface area (Å²) in [6.07, 6.45) is 2.52. The molecular formula is C21H34N2O3Si2. The minimum absolute atomic E-state index is 0.408. The summed E-state index contributed by atoms with van der Waals surface area (Å²) >= 11 is 0. The number of nitrogens with zero attached hydrogens (tertiary/aromatic N) is 2. The molecule has 1 heterocycles. The summed E-state index contributed by atoms with van der Waals surface area (Å²) in [5, 5.41) is 0. The largest absolute Gasteiger partial charge is 0.531 e. The third kappa shape index (κ3) is 8.02. The first-order valence-electron chi connectivity index (χ1n) is 9.87. The van der Waals surface area contributed by atoms with Crippen LogP contribution in [-0.2, 0) is 6.42 Å². The average Bonchev–Trinajstić information content (AvgIpc) is 2.53. The van der Waals surface area contributed by atoms with E-state index in [9.17, 15) is 0 Å². The molecule has 0 aliphatic carbocycles. The maximum atomic E-state index is 6.26. The van der Waals surface area contributed by atoms with Crippen LogP contribution in [0.15, 0.2) is 30.5 Å². The molecule has 0 unspecified atom stereocenters. The van der Waals surface area contributed by atoms with Gasteiger partial charge in [-0.1, -0.05) is 26.0 Å². The molecule has 0 aliphatic rings. The molecule has 2 rings (SSSR count). The van der Waals surface area contributed by atoms with Crippen molar-refractivity contribution in [3.05, 3.63) is 41.6 Å². The Morgan fingerprint density at radius 3 is 2.25 bits per heavy atom. The fraction of sp³-hybridized carbons (Fsp3) is 0.524. The first-order valence-corrected chi connectivity index (χ1v) is 16.7. The highest BCUT2D eigenvalue weighted by Gasteiger charge is 2.23. The minimum Gasteiger partial charge on any atom is -0.531 e. The Morgan fingerprint density at radius 2 is 1.64 bits per heavy atom. The molecule has 1 aromatic heterocycles. The van der Waals surface area contributed by atoms with Gasteiger partial charge in [-0.2, -0.15) is 4.98 Å². The quantitative estimate of drug-likeness (QED) is 0.501. The standard InChI is InChI=1S/C21H34N2O3Si2/c1-16(2)15-24-19-11-9-10-17(13-19)12-18-14-22-21(26-28(6,7)8)23-20(18)25-27(3,4)5/h9-11,13-14,16H,12,15H2,1-8H3. The number of aromatic nitrogens is 2. The molecule has 5 nitrogen and oxygen atoms in total. The molecule has 0 radical (unpaired) electrons. The normalized spacial score (nSPS) is 12.2. The minimum atomic E-state index is -1.82. The Hall–Kier alpha value is -1.87. The van der Waals surface area contributed by atoms with E-state index in [0.717, 1.165) is 16.9 Å². The highest BCUT2D eigenvalue weighted by molar-refractivity contribution is 6.70. The van der Waals surface area contributed by atoms with Crippen molar-refractivity contribution < 1.29 is 13.6 Å². The van der Waals surface area contributed by atoms with E-state index in [0.29, 0.717) is 30.8 Å². The monoisotopic (exact) mass is 418 g/mol. The molecule has 0 bridgehead atoms. The van der Waals surface area contributed by atoms with Gasteiger partial charge in [0.25, 0.3) is 0 Å². The molecule has 0 saturated carbocycles. The maximum absolute atomic E-state index is 6.26. The van der Waals surface area contributed by atoms with Crippen LogP contribution in [0, 0.1) is 5.92 Å². The van der Waals surface area contributed by atoms with Gasteiger partial charge in [-0.15, -0.1) is 0 Å². The molecule has 0 atom stereocenters. The Kier molecular flexibility index (Phi) is 7.28. The Bertz CT molecular complexity index is 784. The third-order valence-electron chi connectivity index (χ3n) is 3.48. The van der Waals surface area contributed by atoms with Crippen molar-refractivity contribution >= 4 is 16.6 Å². The first-order chi connectivity index (χ1) is 12.9. The van der Waals surface area contributed by atoms with E-state index in [2.05, 4.69) is 75.2 Å². The first kappa shape index (κ1) is 22.4. The van der Waals surface area contributed by atoms with E-state index in [4.69, 9.17) is 13.6 Å². The van der Waals surface area contributed by atoms with Gasteiger partial charge in [-0.3, -0.25) is 0 Å². The second kappa shape index (κ2) is 9.09. The summed E-state index contributed by atoms with van der Waals surface area (Å²) in [5.41, 5.74) is 2.11. The average molecular weight is 419 g/mol. The third-order valence-corrected chi connectivity index (χ3v) is 5.08. The summed E-state index contributed by atoms with van der Waals surface area (Å²) in [5.74, 6) is 2.02. The van der Waals surface area contributed by atoms with Gasteiger partial charge in [0.1, 0.15) is 5.75 Å². The van der Waals surface area contributed by atoms with Crippen molar-refractivity contribution in [2.45, 2.75) is 59.6 Å². The Morgan fingerprint density at radius 1 is 0.964 bits per heavy atom. The lowest BCUT2D eigenvalue weighted by molar-refractivity contribution is 0.271. The predicted octanol–water partition coefficient (Wildman–Crippen LogP) is 5.53. The molecule has 7 heteroatoms. The van der Waals surface area contributed by atoms with Crippen LogP contribution in [-0.4, -0.2) is 33.2 Å². The number of hydrogen-bond donors (Lipinski definition) is 0. The molecule has 0 fully saturated rings. The summed E-state index contributed by atoms with van der Waals surface area (Å²) in [6.45, 7) is 17.8. The lowest BCUT2D eigenvalue weighted by Gasteiger charge is -2.22. The van der Waals surface area contributed by atoms with Gasteiger partial charge in [0, 0.05) is 18.2 Å². The molecule has 0 spiro atoms. The topological polar surface area (TPSA) is 53.5 Å². The number of hydrogen-bond acceptors (Lipinski definition) is 5. The van der Waals surface area contributed by atoms with E-state index >= 15 is 0 Å². The summed E-state index contributed by atoms with van der Waals surface area (Å²) in [4.78, 5) is 9.04. The van der Waals surface area contributed by atoms with Crippen LogP contribution in [0.25, 0.3) is 0 Å². The van der Waals surface area contributed by atoms with Crippen LogP contribution < -0.4 is 13.6 Å². The zero-order valence-corrected chi connectivity index (χ0v) is 20.5. The highest BCUT2D eigenvalue weighted by Crippen LogP contribution is 2.26. The van der Waals surface area contributed by atoms with Crippen LogP contribution in [0.5, 0.6) is 17.6 Å². The fourth-order valence-corrected chi connectivity index (χ4v) is 3.83. The number of ether oxygens (including phenoxy) is 1. The summed E-state index contributed by atoms with van der Waals surface area (Å²) < 4.78 is 18.1. The molecule has 2 aromatic rings. The van der Waals surface area contributed by atoms with Crippen molar-refractivity contribution in [3.63, 3.8) is 0 Å². The molecule has 154 valence electrons. The molecule has 28 heavy (non-hydrogen) atoms. The SMILES string of the molecule is CC(C)COc1cccc(Cc2cnc(O[Si](C)(C)C)nc2O[Si](C)(C)C)c1. The van der Waals surface area contributed by atoms with Crippen LogP contribution >= 0.6 is 0 Å². The molecular weight excluding hydrogens is 384 g/mol. The van der Waals surface area contributed by atoms with Crippen molar-refractivity contribution in [3.8, 4) is 17.6 Å². The zero-order valence-electron chi connectivity index (χ0n) is 18.5. The van der Waals surface area contributed by atoms with Crippen molar-refractivity contribution in [1.82, 2.24) is 9.97 Å². The summed E-state index contributed by atoms with van der Waals surface area (Å²) in [6, 6.07) is 8.59. The van der Waals surface area contributed by atoms with E-state index < -0.39 is 16.6 Å². The van der Waals surface area contributed by atoms with Crippen molar-refractivity contribution in [1.29, 1.82) is 0 Å². The Labute approximate surface area is 171 Å². The summed E-state index contributed by atoms with van der Waals surface area (Å²) in [7, 11) is -3.61. The predicted molar refractivity (Wildman–Crippen MR) is 120 cm³/mol. The van der Waals surface area contributed by atoms with E-state index in [1.165, 1.54) is 0 Å². The molecule has 0 amide bonds. The second-order valence-electron chi connectivity index (χ2n) is 9.44. The van der Waals surface area contributed by atoms with Crippen molar-refractivity contribution in [2.24, 2.45) is 5.92 Å². The molecule has 0 saturated heterocycles. The fourth-order valence-electron chi connectivity index (χ4n) is 2.43. The van der Waals surface area contributed by atoms with Gasteiger partial charge in [0.2, 0.25) is 22.5 Å². The number of rotatable bonds is 9. The maximum Gasteiger partial charge on any atom is 0.305 e. The Balaban J connectivity index is 2.27. The molecule has 0 N–H and O–H groups in total. The van der Waals surface area contributed by atoms with Gasteiger partial charge < -0.3 is 13.6 Å². The van der Waals surface area contributed by atoms with Gasteiger partial charge in [-0.25, -0.2) is 4.98 Å². The van der Waals surface area contributed by atoms with Crippen LogP contribution in [0.1, 0.15) is 25.0 Å². The zero-order chi connectivity index (χ0) is 20.9. The van der Waals surface area contributed by atoms with Crippen LogP contribution in [0.4, 0.5) is 0 Å². The molecule has 1 aromatic carbocycles. The smallest absolute Gasteiger partial charge is 0.305 e. The van der Waals surface area contributed by atoms with Gasteiger partial charge in [-0.05, 0) is 62.9 Å². The van der Waals surface area contributed by atoms with Crippen LogP contribution in [0.2, 0.25) is 39.3 Å². The van der Waals surface area contributed by atoms with Gasteiger partial charge in [0.05, 0.1) is 6.61 Å². The lowest BCUT2D eigenvalue weighted by Crippen LogP contribution is -2.32. The number of benzene rings is 1. The lowest BCUT2D eigenvalue weighted by atomic mass is 10.1. The molecule has 0 aliphatic heterocycles.